The van der Waals surface area contributed by atoms with E-state index in [1.807, 2.05) is 27.7 Å². The zero-order valence-corrected chi connectivity index (χ0v) is 45.4. The minimum Gasteiger partial charge on any atom is -0.450 e. The van der Waals surface area contributed by atoms with Gasteiger partial charge in [0, 0.05) is 51.6 Å². The maximum Gasteiger partial charge on any atom is 0.306 e. The van der Waals surface area contributed by atoms with Crippen LogP contribution in [-0.2, 0) is 57.3 Å². The zero-order valence-electron chi connectivity index (χ0n) is 45.4. The lowest BCUT2D eigenvalue weighted by molar-refractivity contribution is -0.176. The van der Waals surface area contributed by atoms with Crippen LogP contribution in [0.1, 0.15) is 233 Å². The third kappa shape index (κ3) is 39.5. The maximum atomic E-state index is 13.0. The Morgan fingerprint density at radius 1 is 0.306 bits per heavy atom. The van der Waals surface area contributed by atoms with Crippen molar-refractivity contribution in [1.29, 1.82) is 0 Å². The van der Waals surface area contributed by atoms with Crippen LogP contribution in [0.4, 0.5) is 0 Å². The number of hydrogen-bond acceptors (Lipinski definition) is 16. The molecule has 0 rings (SSSR count). The quantitative estimate of drug-likeness (QED) is 0.0197. The van der Waals surface area contributed by atoms with Crippen molar-refractivity contribution in [2.75, 3.05) is 39.3 Å². The molecule has 2 amide bonds. The minimum atomic E-state index is -1.49. The average Bonchev–Trinajstić information content (AvgIpc) is 3.37. The number of carbonyl (C=O) groups excluding carboxylic acids is 8. The fourth-order valence-corrected chi connectivity index (χ4v) is 7.36. The number of Topliss-reactive ketones (excluding diaryl/α,β-unsaturated/α-hetero) is 2. The largest absolute Gasteiger partial charge is 0.450 e. The molecule has 0 radical (unpaired) electrons. The monoisotopic (exact) mass is 1030 g/mol. The fourth-order valence-electron chi connectivity index (χ4n) is 7.36. The van der Waals surface area contributed by atoms with Gasteiger partial charge >= 0.3 is 23.9 Å². The van der Waals surface area contributed by atoms with E-state index in [1.54, 1.807) is 0 Å². The average molecular weight is 1030 g/mol. The second-order valence-electron chi connectivity index (χ2n) is 18.6. The number of esters is 4. The SMILES string of the molecule is CCCCC(=O)[C@H](OC(=O)CCCCCCCCN)[C@@H](OC(=O)CCCCCCCCN)C(=O)NCCC.CCCCC(=O)[C@H](OC(=O)CCCCCCN)[C@@H](OC(=O)CCCCCCN)C(=O)NCCC. The van der Waals surface area contributed by atoms with Gasteiger partial charge < -0.3 is 52.5 Å². The van der Waals surface area contributed by atoms with Gasteiger partial charge in [-0.3, -0.25) is 38.4 Å². The molecule has 0 aliphatic rings. The first-order chi connectivity index (χ1) is 34.8. The van der Waals surface area contributed by atoms with Crippen LogP contribution in [0.3, 0.4) is 0 Å². The molecule has 0 aromatic rings. The van der Waals surface area contributed by atoms with Crippen molar-refractivity contribution in [1.82, 2.24) is 10.6 Å². The summed E-state index contributed by atoms with van der Waals surface area (Å²) >= 11 is 0. The maximum absolute atomic E-state index is 13.0. The standard InChI is InChI=1S/C29H55N3O6.C25H47N3O6/c1-3-5-18-24(33)27(37-25(34)19-14-10-6-8-12-16-21-30)28(29(36)32-23-4-2)38-26(35)20-15-11-7-9-13-17-22-31;1-3-5-14-20(29)23(33-21(30)15-10-6-8-12-17-26)24(25(32)28-19-4-2)34-22(31)16-11-7-9-13-18-27/h27-28H,3-23,30-31H2,1-2H3,(H,32,36);23-24H,3-19,26-27H2,1-2H3,(H,28,32)/t27-,28+;23-,24+/m00/s1. The van der Waals surface area contributed by atoms with E-state index in [0.717, 1.165) is 116 Å². The molecule has 18 heteroatoms. The summed E-state index contributed by atoms with van der Waals surface area (Å²) in [6.45, 7) is 11.0. The Morgan fingerprint density at radius 2 is 0.542 bits per heavy atom. The summed E-state index contributed by atoms with van der Waals surface area (Å²) < 4.78 is 22.0. The van der Waals surface area contributed by atoms with Gasteiger partial charge in [0.1, 0.15) is 0 Å². The van der Waals surface area contributed by atoms with Gasteiger partial charge in [0.05, 0.1) is 0 Å². The zero-order chi connectivity index (χ0) is 54.0. The Balaban J connectivity index is 0. The number of ketones is 2. The number of carbonyl (C=O) groups is 8. The van der Waals surface area contributed by atoms with Crippen LogP contribution < -0.4 is 33.6 Å². The molecular formula is C54H102N6O12. The van der Waals surface area contributed by atoms with Crippen LogP contribution in [0.25, 0.3) is 0 Å². The Kier molecular flexibility index (Phi) is 49.2. The number of nitrogens with one attached hydrogen (secondary N) is 2. The van der Waals surface area contributed by atoms with Gasteiger partial charge in [-0.1, -0.05) is 118 Å². The molecular weight excluding hydrogens is 925 g/mol. The third-order valence-electron chi connectivity index (χ3n) is 11.7. The van der Waals surface area contributed by atoms with E-state index in [9.17, 15) is 38.4 Å². The fraction of sp³-hybridized carbons (Fsp3) is 0.852. The molecule has 0 heterocycles. The molecule has 0 fully saturated rings. The van der Waals surface area contributed by atoms with Crippen molar-refractivity contribution in [2.45, 2.75) is 258 Å². The van der Waals surface area contributed by atoms with Crippen LogP contribution in [0.5, 0.6) is 0 Å². The molecule has 420 valence electrons. The first-order valence-corrected chi connectivity index (χ1v) is 28.0. The van der Waals surface area contributed by atoms with Gasteiger partial charge in [0.2, 0.25) is 24.4 Å². The van der Waals surface area contributed by atoms with Crippen molar-refractivity contribution >= 4 is 47.3 Å². The van der Waals surface area contributed by atoms with Crippen molar-refractivity contribution in [3.05, 3.63) is 0 Å². The molecule has 0 saturated heterocycles. The number of hydrogen-bond donors (Lipinski definition) is 6. The third-order valence-corrected chi connectivity index (χ3v) is 11.7. The highest BCUT2D eigenvalue weighted by atomic mass is 16.6. The lowest BCUT2D eigenvalue weighted by Gasteiger charge is -2.25. The van der Waals surface area contributed by atoms with Crippen molar-refractivity contribution < 1.29 is 57.3 Å². The molecule has 0 aromatic carbocycles. The van der Waals surface area contributed by atoms with Crippen LogP contribution in [0.15, 0.2) is 0 Å². The number of unbranched alkanes of at least 4 members (excludes halogenated alkanes) is 18. The van der Waals surface area contributed by atoms with Crippen LogP contribution in [0, 0.1) is 0 Å². The van der Waals surface area contributed by atoms with Crippen LogP contribution in [-0.4, -0.2) is 111 Å². The molecule has 0 aromatic heterocycles. The van der Waals surface area contributed by atoms with Gasteiger partial charge in [-0.25, -0.2) is 0 Å². The van der Waals surface area contributed by atoms with Gasteiger partial charge in [-0.15, -0.1) is 0 Å². The van der Waals surface area contributed by atoms with Crippen LogP contribution in [0.2, 0.25) is 0 Å². The van der Waals surface area contributed by atoms with E-state index in [4.69, 9.17) is 41.9 Å². The summed E-state index contributed by atoms with van der Waals surface area (Å²) in [5.41, 5.74) is 22.0. The number of nitrogens with two attached hydrogens (primary N) is 4. The number of amides is 2. The van der Waals surface area contributed by atoms with E-state index >= 15 is 0 Å². The molecule has 4 atom stereocenters. The Hall–Kier alpha value is -4.00. The molecule has 0 unspecified atom stereocenters. The summed E-state index contributed by atoms with van der Waals surface area (Å²) in [5, 5.41) is 5.36. The topological polar surface area (TPSA) is 302 Å². The van der Waals surface area contributed by atoms with Crippen molar-refractivity contribution in [3.63, 3.8) is 0 Å². The summed E-state index contributed by atoms with van der Waals surface area (Å²) in [6, 6.07) is 0. The minimum absolute atomic E-state index is 0.118. The van der Waals surface area contributed by atoms with Gasteiger partial charge in [0.25, 0.3) is 11.8 Å². The highest BCUT2D eigenvalue weighted by Gasteiger charge is 2.40. The van der Waals surface area contributed by atoms with Crippen LogP contribution >= 0.6 is 0 Å². The second-order valence-corrected chi connectivity index (χ2v) is 18.6. The molecule has 10 N–H and O–H groups in total. The van der Waals surface area contributed by atoms with Crippen molar-refractivity contribution in [3.8, 4) is 0 Å². The van der Waals surface area contributed by atoms with E-state index < -0.39 is 71.7 Å². The number of rotatable bonds is 48. The lowest BCUT2D eigenvalue weighted by atomic mass is 10.0. The summed E-state index contributed by atoms with van der Waals surface area (Å²) in [5.74, 6) is -4.32. The Morgan fingerprint density at radius 3 is 0.778 bits per heavy atom. The lowest BCUT2D eigenvalue weighted by Crippen LogP contribution is -2.50. The molecule has 0 spiro atoms. The predicted molar refractivity (Wildman–Crippen MR) is 282 cm³/mol. The van der Waals surface area contributed by atoms with Gasteiger partial charge in [-0.2, -0.15) is 0 Å². The second kappa shape index (κ2) is 50.5. The Labute approximate surface area is 433 Å². The highest BCUT2D eigenvalue weighted by Crippen LogP contribution is 2.18. The molecule has 0 aliphatic carbocycles. The first kappa shape index (κ1) is 70.1. The summed E-state index contributed by atoms with van der Waals surface area (Å²) in [6.07, 6.45) is 16.7. The van der Waals surface area contributed by atoms with Crippen molar-refractivity contribution in [2.24, 2.45) is 22.9 Å². The molecule has 0 aliphatic heterocycles. The number of ether oxygens (including phenoxy) is 4. The Bertz CT molecular complexity index is 1330. The van der Waals surface area contributed by atoms with E-state index in [0.29, 0.717) is 90.6 Å². The predicted octanol–water partition coefficient (Wildman–Crippen LogP) is 7.39. The van der Waals surface area contributed by atoms with E-state index in [-0.39, 0.29) is 38.5 Å². The van der Waals surface area contributed by atoms with E-state index in [2.05, 4.69) is 10.6 Å². The molecule has 72 heavy (non-hydrogen) atoms. The smallest absolute Gasteiger partial charge is 0.306 e. The molecule has 0 saturated carbocycles. The molecule has 18 nitrogen and oxygen atoms in total. The first-order valence-electron chi connectivity index (χ1n) is 28.0. The highest BCUT2D eigenvalue weighted by molar-refractivity contribution is 5.95. The van der Waals surface area contributed by atoms with Gasteiger partial charge in [-0.05, 0) is 103 Å². The summed E-state index contributed by atoms with van der Waals surface area (Å²) in [4.78, 5) is 102. The summed E-state index contributed by atoms with van der Waals surface area (Å²) in [7, 11) is 0. The molecule has 0 bridgehead atoms. The van der Waals surface area contributed by atoms with E-state index in [1.165, 1.54) is 0 Å². The normalized spacial score (nSPS) is 12.6. The van der Waals surface area contributed by atoms with Gasteiger partial charge in [0.15, 0.2) is 11.6 Å².